The average molecular weight is 426 g/mol. The molecule has 0 radical (unpaired) electrons. The van der Waals surface area contributed by atoms with E-state index >= 15 is 0 Å². The van der Waals surface area contributed by atoms with Crippen LogP contribution < -0.4 is 14.8 Å². The Morgan fingerprint density at radius 3 is 2.55 bits per heavy atom. The van der Waals surface area contributed by atoms with Gasteiger partial charge in [0, 0.05) is 22.7 Å². The molecule has 0 spiro atoms. The van der Waals surface area contributed by atoms with Gasteiger partial charge in [-0.05, 0) is 43.7 Å². The fraction of sp³-hybridized carbons (Fsp3) is 0.208. The minimum absolute atomic E-state index is 0.370. The van der Waals surface area contributed by atoms with Crippen molar-refractivity contribution in [1.82, 2.24) is 5.32 Å². The summed E-state index contributed by atoms with van der Waals surface area (Å²) in [5.74, 6) is 1.33. The molecule has 0 amide bonds. The van der Waals surface area contributed by atoms with Gasteiger partial charge in [-0.25, -0.2) is 0 Å². The monoisotopic (exact) mass is 425 g/mol. The molecule has 0 bridgehead atoms. The minimum Gasteiger partial charge on any atom is -0.490 e. The molecule has 0 saturated carbocycles. The Morgan fingerprint density at radius 2 is 1.79 bits per heavy atom. The number of aryl methyl sites for hydroxylation is 1. The van der Waals surface area contributed by atoms with Crippen molar-refractivity contribution in [2.24, 2.45) is 0 Å². The topological polar surface area (TPSA) is 30.5 Å². The molecule has 0 aromatic heterocycles. The van der Waals surface area contributed by atoms with Crippen molar-refractivity contribution in [3.8, 4) is 11.5 Å². The van der Waals surface area contributed by atoms with E-state index in [-0.39, 0.29) is 0 Å². The molecule has 0 unspecified atom stereocenters. The summed E-state index contributed by atoms with van der Waals surface area (Å²) in [4.78, 5) is 0.671. The molecule has 0 saturated heterocycles. The summed E-state index contributed by atoms with van der Waals surface area (Å²) in [5, 5.41) is 4.00. The SMILES string of the molecule is CCOc1cc(C(=S)NCc2cccc(C)c2)ccc1OCc1ccccc1Cl. The summed E-state index contributed by atoms with van der Waals surface area (Å²) in [6.07, 6.45) is 0. The number of thiocarbonyl (C=S) groups is 1. The Bertz CT molecular complexity index is 990. The normalized spacial score (nSPS) is 10.4. The van der Waals surface area contributed by atoms with Gasteiger partial charge in [0.25, 0.3) is 0 Å². The van der Waals surface area contributed by atoms with Gasteiger partial charge >= 0.3 is 0 Å². The number of nitrogens with one attached hydrogen (secondary N) is 1. The molecule has 0 aliphatic rings. The van der Waals surface area contributed by atoms with E-state index < -0.39 is 0 Å². The fourth-order valence-corrected chi connectivity index (χ4v) is 3.30. The van der Waals surface area contributed by atoms with E-state index in [4.69, 9.17) is 33.3 Å². The van der Waals surface area contributed by atoms with Gasteiger partial charge in [0.15, 0.2) is 11.5 Å². The van der Waals surface area contributed by atoms with E-state index in [9.17, 15) is 0 Å². The van der Waals surface area contributed by atoms with Gasteiger partial charge in [-0.2, -0.15) is 0 Å². The molecule has 0 fully saturated rings. The first-order valence-electron chi connectivity index (χ1n) is 9.53. The Morgan fingerprint density at radius 1 is 0.966 bits per heavy atom. The smallest absolute Gasteiger partial charge is 0.161 e. The van der Waals surface area contributed by atoms with Gasteiger partial charge in [-0.3, -0.25) is 0 Å². The van der Waals surface area contributed by atoms with Gasteiger partial charge in [0.1, 0.15) is 11.6 Å². The van der Waals surface area contributed by atoms with Crippen LogP contribution >= 0.6 is 23.8 Å². The highest BCUT2D eigenvalue weighted by Gasteiger charge is 2.11. The first-order chi connectivity index (χ1) is 14.1. The first kappa shape index (κ1) is 21.2. The lowest BCUT2D eigenvalue weighted by molar-refractivity contribution is 0.269. The average Bonchev–Trinajstić information content (AvgIpc) is 2.72. The van der Waals surface area contributed by atoms with Crippen LogP contribution in [0.5, 0.6) is 11.5 Å². The molecule has 0 aliphatic heterocycles. The number of halogens is 1. The van der Waals surface area contributed by atoms with E-state index in [1.807, 2.05) is 55.5 Å². The lowest BCUT2D eigenvalue weighted by Crippen LogP contribution is -2.21. The van der Waals surface area contributed by atoms with Crippen molar-refractivity contribution in [2.75, 3.05) is 6.61 Å². The molecular formula is C24H24ClNO2S. The molecule has 3 aromatic rings. The Labute approximate surface area is 182 Å². The third kappa shape index (κ3) is 5.96. The summed E-state index contributed by atoms with van der Waals surface area (Å²) in [7, 11) is 0. The van der Waals surface area contributed by atoms with Crippen molar-refractivity contribution < 1.29 is 9.47 Å². The highest BCUT2D eigenvalue weighted by Crippen LogP contribution is 2.30. The second-order valence-corrected chi connectivity index (χ2v) is 7.46. The van der Waals surface area contributed by atoms with Crippen LogP contribution in [0.2, 0.25) is 5.02 Å². The van der Waals surface area contributed by atoms with Gasteiger partial charge < -0.3 is 14.8 Å². The predicted molar refractivity (Wildman–Crippen MR) is 123 cm³/mol. The maximum atomic E-state index is 6.22. The summed E-state index contributed by atoms with van der Waals surface area (Å²) in [6.45, 7) is 5.61. The van der Waals surface area contributed by atoms with Crippen molar-refractivity contribution >= 4 is 28.8 Å². The molecular weight excluding hydrogens is 402 g/mol. The van der Waals surface area contributed by atoms with E-state index in [0.29, 0.717) is 41.3 Å². The maximum absolute atomic E-state index is 6.22. The zero-order valence-corrected chi connectivity index (χ0v) is 18.1. The largest absolute Gasteiger partial charge is 0.490 e. The predicted octanol–water partition coefficient (Wildman–Crippen LogP) is 6.09. The van der Waals surface area contributed by atoms with Crippen LogP contribution in [0.25, 0.3) is 0 Å². The van der Waals surface area contributed by atoms with E-state index in [0.717, 1.165) is 11.1 Å². The zero-order valence-electron chi connectivity index (χ0n) is 16.6. The molecule has 0 aliphatic carbocycles. The van der Waals surface area contributed by atoms with E-state index in [2.05, 4.69) is 30.4 Å². The van der Waals surface area contributed by atoms with Crippen LogP contribution in [-0.4, -0.2) is 11.6 Å². The van der Waals surface area contributed by atoms with Crippen molar-refractivity contribution in [1.29, 1.82) is 0 Å². The summed E-state index contributed by atoms with van der Waals surface area (Å²) < 4.78 is 11.7. The second kappa shape index (κ2) is 10.3. The lowest BCUT2D eigenvalue weighted by atomic mass is 10.1. The Balaban J connectivity index is 1.69. The van der Waals surface area contributed by atoms with Gasteiger partial charge in [-0.1, -0.05) is 71.8 Å². The van der Waals surface area contributed by atoms with E-state index in [1.54, 1.807) is 0 Å². The van der Waals surface area contributed by atoms with Gasteiger partial charge in [0.05, 0.1) is 6.61 Å². The van der Waals surface area contributed by atoms with Crippen LogP contribution in [0.1, 0.15) is 29.2 Å². The van der Waals surface area contributed by atoms with Crippen LogP contribution in [0, 0.1) is 6.92 Å². The number of benzene rings is 3. The van der Waals surface area contributed by atoms with Crippen LogP contribution in [0.3, 0.4) is 0 Å². The molecule has 150 valence electrons. The quantitative estimate of drug-likeness (QED) is 0.442. The third-order valence-electron chi connectivity index (χ3n) is 4.38. The molecule has 5 heteroatoms. The maximum Gasteiger partial charge on any atom is 0.161 e. The minimum atomic E-state index is 0.370. The molecule has 0 atom stereocenters. The number of hydrogen-bond donors (Lipinski definition) is 1. The molecule has 1 N–H and O–H groups in total. The third-order valence-corrected chi connectivity index (χ3v) is 5.13. The van der Waals surface area contributed by atoms with Crippen LogP contribution in [0.15, 0.2) is 66.7 Å². The lowest BCUT2D eigenvalue weighted by Gasteiger charge is -2.15. The molecule has 3 rings (SSSR count). The van der Waals surface area contributed by atoms with Crippen LogP contribution in [-0.2, 0) is 13.2 Å². The first-order valence-corrected chi connectivity index (χ1v) is 10.3. The zero-order chi connectivity index (χ0) is 20.6. The van der Waals surface area contributed by atoms with Crippen molar-refractivity contribution in [2.45, 2.75) is 27.0 Å². The highest BCUT2D eigenvalue weighted by molar-refractivity contribution is 7.80. The van der Waals surface area contributed by atoms with Gasteiger partial charge in [0.2, 0.25) is 0 Å². The Kier molecular flexibility index (Phi) is 7.50. The van der Waals surface area contributed by atoms with Gasteiger partial charge in [-0.15, -0.1) is 0 Å². The fourth-order valence-electron chi connectivity index (χ4n) is 2.91. The molecule has 29 heavy (non-hydrogen) atoms. The molecule has 3 nitrogen and oxygen atoms in total. The standard InChI is InChI=1S/C24H24ClNO2S/c1-3-27-23-14-19(24(29)26-15-18-8-6-7-17(2)13-18)11-12-22(23)28-16-20-9-4-5-10-21(20)25/h4-14H,3,15-16H2,1-2H3,(H,26,29). The summed E-state index contributed by atoms with van der Waals surface area (Å²) in [6, 6.07) is 21.7. The number of hydrogen-bond acceptors (Lipinski definition) is 3. The molecule has 0 heterocycles. The van der Waals surface area contributed by atoms with Crippen molar-refractivity contribution in [3.63, 3.8) is 0 Å². The second-order valence-electron chi connectivity index (χ2n) is 6.65. The van der Waals surface area contributed by atoms with E-state index in [1.165, 1.54) is 11.1 Å². The Hall–Kier alpha value is -2.56. The number of rotatable bonds is 8. The summed E-state index contributed by atoms with van der Waals surface area (Å²) >= 11 is 11.8. The molecule has 3 aromatic carbocycles. The van der Waals surface area contributed by atoms with Crippen molar-refractivity contribution in [3.05, 3.63) is 94.0 Å². The number of ether oxygens (including phenoxy) is 2. The van der Waals surface area contributed by atoms with Crippen LogP contribution in [0.4, 0.5) is 0 Å². The highest BCUT2D eigenvalue weighted by atomic mass is 35.5. The summed E-state index contributed by atoms with van der Waals surface area (Å²) in [5.41, 5.74) is 4.24.